The van der Waals surface area contributed by atoms with Crippen molar-refractivity contribution in [1.82, 2.24) is 20.0 Å². The van der Waals surface area contributed by atoms with Gasteiger partial charge in [-0.1, -0.05) is 5.21 Å². The Labute approximate surface area is 84.3 Å². The van der Waals surface area contributed by atoms with Crippen LogP contribution in [0.3, 0.4) is 0 Å². The molecule has 15 heavy (non-hydrogen) atoms. The van der Waals surface area contributed by atoms with Gasteiger partial charge in [-0.05, 0) is 6.92 Å². The minimum Gasteiger partial charge on any atom is -0.476 e. The fourth-order valence-corrected chi connectivity index (χ4v) is 1.15. The highest BCUT2D eigenvalue weighted by Gasteiger charge is 2.18. The molecule has 0 aliphatic heterocycles. The molecule has 7 nitrogen and oxygen atoms in total. The van der Waals surface area contributed by atoms with Crippen LogP contribution >= 0.6 is 0 Å². The molecule has 2 rings (SSSR count). The Bertz CT molecular complexity index is 514. The Balaban J connectivity index is 2.46. The number of hydrogen-bond acceptors (Lipinski definition) is 5. The van der Waals surface area contributed by atoms with Gasteiger partial charge in [0.05, 0.1) is 6.20 Å². The van der Waals surface area contributed by atoms with Gasteiger partial charge in [-0.3, -0.25) is 4.68 Å². The minimum atomic E-state index is -1.12. The van der Waals surface area contributed by atoms with Crippen molar-refractivity contribution < 1.29 is 14.3 Å². The van der Waals surface area contributed by atoms with E-state index in [0.29, 0.717) is 5.69 Å². The number of hydrogen-bond donors (Lipinski definition) is 1. The van der Waals surface area contributed by atoms with Crippen LogP contribution in [0.2, 0.25) is 0 Å². The van der Waals surface area contributed by atoms with E-state index in [-0.39, 0.29) is 17.3 Å². The van der Waals surface area contributed by atoms with Crippen LogP contribution in [0.15, 0.2) is 10.6 Å². The van der Waals surface area contributed by atoms with Crippen LogP contribution in [0.4, 0.5) is 0 Å². The zero-order valence-electron chi connectivity index (χ0n) is 8.13. The second-order valence-electron chi connectivity index (χ2n) is 3.01. The number of aromatic nitrogens is 4. The Hall–Kier alpha value is -2.18. The van der Waals surface area contributed by atoms with E-state index in [9.17, 15) is 4.79 Å². The number of carboxylic acids is 1. The van der Waals surface area contributed by atoms with Gasteiger partial charge < -0.3 is 9.52 Å². The SMILES string of the molecule is Cc1oc(-c2cn(C)nn2)nc1C(=O)O. The van der Waals surface area contributed by atoms with Gasteiger partial charge in [0.25, 0.3) is 0 Å². The lowest BCUT2D eigenvalue weighted by Crippen LogP contribution is -1.98. The summed E-state index contributed by atoms with van der Waals surface area (Å²) in [6.07, 6.45) is 1.59. The predicted molar refractivity (Wildman–Crippen MR) is 48.2 cm³/mol. The first-order valence-corrected chi connectivity index (χ1v) is 4.15. The summed E-state index contributed by atoms with van der Waals surface area (Å²) in [6, 6.07) is 0. The van der Waals surface area contributed by atoms with E-state index in [1.54, 1.807) is 13.2 Å². The summed E-state index contributed by atoms with van der Waals surface area (Å²) in [5.41, 5.74) is 0.309. The molecule has 0 amide bonds. The van der Waals surface area contributed by atoms with Gasteiger partial charge in [-0.2, -0.15) is 0 Å². The number of nitrogens with zero attached hydrogens (tertiary/aromatic N) is 4. The Morgan fingerprint density at radius 2 is 2.33 bits per heavy atom. The second-order valence-corrected chi connectivity index (χ2v) is 3.01. The van der Waals surface area contributed by atoms with Gasteiger partial charge in [0.1, 0.15) is 5.76 Å². The van der Waals surface area contributed by atoms with E-state index in [1.165, 1.54) is 11.6 Å². The number of aromatic carboxylic acids is 1. The van der Waals surface area contributed by atoms with Crippen LogP contribution in [0.5, 0.6) is 0 Å². The maximum Gasteiger partial charge on any atom is 0.358 e. The quantitative estimate of drug-likeness (QED) is 0.771. The molecular formula is C8H8N4O3. The topological polar surface area (TPSA) is 94.0 Å². The number of aryl methyl sites for hydroxylation is 2. The smallest absolute Gasteiger partial charge is 0.358 e. The Morgan fingerprint density at radius 1 is 1.60 bits per heavy atom. The first kappa shape index (κ1) is 9.38. The third-order valence-electron chi connectivity index (χ3n) is 1.82. The average molecular weight is 208 g/mol. The lowest BCUT2D eigenvalue weighted by molar-refractivity contribution is 0.0689. The molecule has 0 atom stereocenters. The summed E-state index contributed by atoms with van der Waals surface area (Å²) in [4.78, 5) is 14.5. The lowest BCUT2D eigenvalue weighted by Gasteiger charge is -1.83. The highest BCUT2D eigenvalue weighted by atomic mass is 16.4. The summed E-state index contributed by atoms with van der Waals surface area (Å²) in [7, 11) is 1.70. The largest absolute Gasteiger partial charge is 0.476 e. The molecule has 0 aromatic carbocycles. The molecule has 2 aromatic heterocycles. The van der Waals surface area contributed by atoms with Crippen LogP contribution in [0.1, 0.15) is 16.2 Å². The second kappa shape index (κ2) is 3.19. The molecule has 0 aliphatic rings. The van der Waals surface area contributed by atoms with Crippen LogP contribution in [-0.2, 0) is 7.05 Å². The number of rotatable bonds is 2. The molecule has 1 N–H and O–H groups in total. The van der Waals surface area contributed by atoms with Crippen molar-refractivity contribution in [3.8, 4) is 11.6 Å². The van der Waals surface area contributed by atoms with Gasteiger partial charge in [-0.15, -0.1) is 5.10 Å². The van der Waals surface area contributed by atoms with Crippen molar-refractivity contribution in [2.45, 2.75) is 6.92 Å². The zero-order valence-corrected chi connectivity index (χ0v) is 8.13. The molecule has 0 aliphatic carbocycles. The zero-order chi connectivity index (χ0) is 11.0. The van der Waals surface area contributed by atoms with Crippen molar-refractivity contribution in [2.24, 2.45) is 7.05 Å². The van der Waals surface area contributed by atoms with E-state index in [0.717, 1.165) is 0 Å². The maximum absolute atomic E-state index is 10.7. The van der Waals surface area contributed by atoms with E-state index < -0.39 is 5.97 Å². The standard InChI is InChI=1S/C8H8N4O3/c1-4-6(8(13)14)9-7(15-4)5-3-12(2)11-10-5/h3H,1-2H3,(H,13,14). The molecule has 0 fully saturated rings. The van der Waals surface area contributed by atoms with Gasteiger partial charge in [0.15, 0.2) is 11.4 Å². The molecule has 0 unspecified atom stereocenters. The molecule has 0 radical (unpaired) electrons. The van der Waals surface area contributed by atoms with Gasteiger partial charge >= 0.3 is 5.97 Å². The highest BCUT2D eigenvalue weighted by Crippen LogP contribution is 2.18. The summed E-state index contributed by atoms with van der Waals surface area (Å²) >= 11 is 0. The predicted octanol–water partition coefficient (Wildman–Crippen LogP) is 0.477. The monoisotopic (exact) mass is 208 g/mol. The van der Waals surface area contributed by atoms with Gasteiger partial charge in [0, 0.05) is 7.05 Å². The normalized spacial score (nSPS) is 10.5. The fourth-order valence-electron chi connectivity index (χ4n) is 1.15. The number of oxazole rings is 1. The van der Waals surface area contributed by atoms with E-state index in [2.05, 4.69) is 15.3 Å². The van der Waals surface area contributed by atoms with Crippen molar-refractivity contribution in [2.75, 3.05) is 0 Å². The minimum absolute atomic E-state index is 0.101. The molecular weight excluding hydrogens is 200 g/mol. The molecule has 0 saturated carbocycles. The van der Waals surface area contributed by atoms with Crippen molar-refractivity contribution in [1.29, 1.82) is 0 Å². The summed E-state index contributed by atoms with van der Waals surface area (Å²) in [5, 5.41) is 16.2. The summed E-state index contributed by atoms with van der Waals surface area (Å²) in [5.74, 6) is -0.701. The van der Waals surface area contributed by atoms with Crippen LogP contribution in [0, 0.1) is 6.92 Å². The van der Waals surface area contributed by atoms with Crippen molar-refractivity contribution in [3.05, 3.63) is 17.7 Å². The van der Waals surface area contributed by atoms with Crippen LogP contribution < -0.4 is 0 Å². The molecule has 2 heterocycles. The molecule has 7 heteroatoms. The summed E-state index contributed by atoms with van der Waals surface area (Å²) < 4.78 is 6.65. The van der Waals surface area contributed by atoms with Gasteiger partial charge in [0.2, 0.25) is 5.89 Å². The first-order valence-electron chi connectivity index (χ1n) is 4.15. The molecule has 2 aromatic rings. The number of carboxylic acid groups (broad SMARTS) is 1. The highest BCUT2D eigenvalue weighted by molar-refractivity contribution is 5.86. The van der Waals surface area contributed by atoms with E-state index in [4.69, 9.17) is 9.52 Å². The summed E-state index contributed by atoms with van der Waals surface area (Å²) in [6.45, 7) is 1.54. The van der Waals surface area contributed by atoms with E-state index >= 15 is 0 Å². The fraction of sp³-hybridized carbons (Fsp3) is 0.250. The molecule has 0 spiro atoms. The van der Waals surface area contributed by atoms with Crippen LogP contribution in [0.25, 0.3) is 11.6 Å². The van der Waals surface area contributed by atoms with Gasteiger partial charge in [-0.25, -0.2) is 9.78 Å². The van der Waals surface area contributed by atoms with Crippen molar-refractivity contribution >= 4 is 5.97 Å². The molecule has 0 saturated heterocycles. The maximum atomic E-state index is 10.7. The Morgan fingerprint density at radius 3 is 2.80 bits per heavy atom. The lowest BCUT2D eigenvalue weighted by atomic mass is 10.4. The van der Waals surface area contributed by atoms with E-state index in [1.807, 2.05) is 0 Å². The number of carbonyl (C=O) groups is 1. The molecule has 78 valence electrons. The third kappa shape index (κ3) is 1.58. The Kier molecular flexibility index (Phi) is 2.00. The first-order chi connectivity index (χ1) is 7.08. The van der Waals surface area contributed by atoms with Crippen LogP contribution in [-0.4, -0.2) is 31.1 Å². The third-order valence-corrected chi connectivity index (χ3v) is 1.82. The average Bonchev–Trinajstić information content (AvgIpc) is 2.71. The van der Waals surface area contributed by atoms with Crippen molar-refractivity contribution in [3.63, 3.8) is 0 Å². The molecule has 0 bridgehead atoms.